The summed E-state index contributed by atoms with van der Waals surface area (Å²) in [6.07, 6.45) is 1.07. The van der Waals surface area contributed by atoms with E-state index in [1.54, 1.807) is 12.0 Å². The van der Waals surface area contributed by atoms with Gasteiger partial charge in [0.25, 0.3) is 0 Å². The predicted molar refractivity (Wildman–Crippen MR) is 62.6 cm³/mol. The van der Waals surface area contributed by atoms with Gasteiger partial charge in [-0.3, -0.25) is 9.59 Å². The van der Waals surface area contributed by atoms with Gasteiger partial charge < -0.3 is 14.7 Å². The lowest BCUT2D eigenvalue weighted by Gasteiger charge is -2.40. The summed E-state index contributed by atoms with van der Waals surface area (Å²) in [6.45, 7) is 4.81. The van der Waals surface area contributed by atoms with Gasteiger partial charge in [0.2, 0.25) is 5.91 Å². The first kappa shape index (κ1) is 14.0. The van der Waals surface area contributed by atoms with Crippen LogP contribution in [0.25, 0.3) is 0 Å². The van der Waals surface area contributed by atoms with Crippen LogP contribution in [0.2, 0.25) is 0 Å². The molecule has 0 aliphatic carbocycles. The highest BCUT2D eigenvalue weighted by atomic mass is 16.5. The van der Waals surface area contributed by atoms with Crippen molar-refractivity contribution in [2.75, 3.05) is 20.3 Å². The van der Waals surface area contributed by atoms with Gasteiger partial charge >= 0.3 is 5.97 Å². The Bertz CT molecular complexity index is 292. The van der Waals surface area contributed by atoms with Crippen LogP contribution in [-0.4, -0.2) is 48.2 Å². The third-order valence-electron chi connectivity index (χ3n) is 3.47. The van der Waals surface area contributed by atoms with Crippen LogP contribution in [-0.2, 0) is 14.3 Å². The molecular weight excluding hydrogens is 222 g/mol. The summed E-state index contributed by atoms with van der Waals surface area (Å²) in [5.74, 6) is -1.31. The molecular formula is C12H21NO4. The molecule has 0 saturated carbocycles. The number of amides is 1. The zero-order chi connectivity index (χ0) is 13.0. The summed E-state index contributed by atoms with van der Waals surface area (Å²) in [6, 6.07) is -0.236. The molecule has 1 rings (SSSR count). The number of carbonyl (C=O) groups excluding carboxylic acids is 1. The highest BCUT2D eigenvalue weighted by Gasteiger charge is 2.41. The van der Waals surface area contributed by atoms with Crippen LogP contribution in [0, 0.1) is 11.8 Å². The topological polar surface area (TPSA) is 66.8 Å². The molecule has 0 radical (unpaired) electrons. The van der Waals surface area contributed by atoms with Gasteiger partial charge in [0, 0.05) is 32.7 Å². The zero-order valence-corrected chi connectivity index (χ0v) is 10.7. The number of carbonyl (C=O) groups is 2. The van der Waals surface area contributed by atoms with Gasteiger partial charge in [0.15, 0.2) is 0 Å². The van der Waals surface area contributed by atoms with Crippen LogP contribution < -0.4 is 0 Å². The molecule has 5 nitrogen and oxygen atoms in total. The van der Waals surface area contributed by atoms with Crippen LogP contribution in [0.1, 0.15) is 26.7 Å². The molecule has 1 fully saturated rings. The van der Waals surface area contributed by atoms with Gasteiger partial charge in [-0.25, -0.2) is 0 Å². The average Bonchev–Trinajstić information content (AvgIpc) is 2.21. The number of methoxy groups -OCH3 is 1. The maximum atomic E-state index is 11.9. The molecule has 5 heteroatoms. The lowest BCUT2D eigenvalue weighted by molar-refractivity contribution is -0.154. The van der Waals surface area contributed by atoms with E-state index in [1.807, 2.05) is 13.8 Å². The van der Waals surface area contributed by atoms with Crippen LogP contribution in [0.4, 0.5) is 0 Å². The van der Waals surface area contributed by atoms with E-state index >= 15 is 0 Å². The van der Waals surface area contributed by atoms with E-state index in [1.165, 1.54) is 0 Å². The number of likely N-dealkylation sites (tertiary alicyclic amines) is 1. The molecule has 0 aromatic heterocycles. The minimum atomic E-state index is -0.811. The monoisotopic (exact) mass is 243 g/mol. The Morgan fingerprint density at radius 2 is 2.18 bits per heavy atom. The van der Waals surface area contributed by atoms with E-state index in [2.05, 4.69) is 0 Å². The number of nitrogens with zero attached hydrogens (tertiary/aromatic N) is 1. The van der Waals surface area contributed by atoms with Crippen molar-refractivity contribution in [3.63, 3.8) is 0 Å². The Morgan fingerprint density at radius 3 is 2.71 bits per heavy atom. The maximum absolute atomic E-state index is 11.9. The number of ether oxygens (including phenoxy) is 1. The third kappa shape index (κ3) is 3.19. The van der Waals surface area contributed by atoms with Crippen molar-refractivity contribution in [2.24, 2.45) is 11.8 Å². The Balaban J connectivity index is 2.68. The summed E-state index contributed by atoms with van der Waals surface area (Å²) in [7, 11) is 1.61. The molecule has 1 N–H and O–H groups in total. The third-order valence-corrected chi connectivity index (χ3v) is 3.47. The Morgan fingerprint density at radius 1 is 1.53 bits per heavy atom. The summed E-state index contributed by atoms with van der Waals surface area (Å²) in [5, 5.41) is 9.19. The SMILES string of the molecule is COCCCN1C(=O)CC(C)C(C(=O)O)C1C. The molecule has 0 aromatic carbocycles. The van der Waals surface area contributed by atoms with Crippen molar-refractivity contribution in [1.29, 1.82) is 0 Å². The molecule has 0 spiro atoms. The van der Waals surface area contributed by atoms with E-state index in [0.717, 1.165) is 6.42 Å². The minimum absolute atomic E-state index is 0.0543. The van der Waals surface area contributed by atoms with Gasteiger partial charge in [-0.2, -0.15) is 0 Å². The zero-order valence-electron chi connectivity index (χ0n) is 10.7. The first-order valence-electron chi connectivity index (χ1n) is 6.00. The van der Waals surface area contributed by atoms with Crippen molar-refractivity contribution in [3.8, 4) is 0 Å². The molecule has 0 bridgehead atoms. The van der Waals surface area contributed by atoms with E-state index in [0.29, 0.717) is 19.6 Å². The van der Waals surface area contributed by atoms with E-state index in [4.69, 9.17) is 4.74 Å². The average molecular weight is 243 g/mol. The second-order valence-electron chi connectivity index (χ2n) is 4.72. The van der Waals surface area contributed by atoms with Crippen molar-refractivity contribution >= 4 is 11.9 Å². The first-order chi connectivity index (χ1) is 7.99. The Labute approximate surface area is 102 Å². The number of rotatable bonds is 5. The summed E-state index contributed by atoms with van der Waals surface area (Å²) < 4.78 is 4.94. The van der Waals surface area contributed by atoms with Gasteiger partial charge in [0.1, 0.15) is 0 Å². The van der Waals surface area contributed by atoms with Crippen molar-refractivity contribution in [1.82, 2.24) is 4.90 Å². The van der Waals surface area contributed by atoms with Crippen molar-refractivity contribution < 1.29 is 19.4 Å². The first-order valence-corrected chi connectivity index (χ1v) is 6.00. The standard InChI is InChI=1S/C12H21NO4/c1-8-7-10(14)13(5-4-6-17-3)9(2)11(8)12(15)16/h8-9,11H,4-7H2,1-3H3,(H,15,16). The van der Waals surface area contributed by atoms with Gasteiger partial charge in [-0.15, -0.1) is 0 Å². The largest absolute Gasteiger partial charge is 0.481 e. The lowest BCUT2D eigenvalue weighted by atomic mass is 9.81. The Hall–Kier alpha value is -1.10. The van der Waals surface area contributed by atoms with E-state index in [9.17, 15) is 14.7 Å². The molecule has 1 heterocycles. The second-order valence-corrected chi connectivity index (χ2v) is 4.72. The molecule has 1 amide bonds. The molecule has 3 atom stereocenters. The molecule has 1 aliphatic rings. The number of piperidine rings is 1. The number of hydrogen-bond donors (Lipinski definition) is 1. The van der Waals surface area contributed by atoms with Gasteiger partial charge in [-0.05, 0) is 19.3 Å². The fourth-order valence-electron chi connectivity index (χ4n) is 2.57. The fraction of sp³-hybridized carbons (Fsp3) is 0.833. The van der Waals surface area contributed by atoms with Gasteiger partial charge in [-0.1, -0.05) is 6.92 Å². The lowest BCUT2D eigenvalue weighted by Crippen LogP contribution is -2.53. The quantitative estimate of drug-likeness (QED) is 0.731. The van der Waals surface area contributed by atoms with Crippen molar-refractivity contribution in [3.05, 3.63) is 0 Å². The normalized spacial score (nSPS) is 29.5. The number of carboxylic acids is 1. The number of hydrogen-bond acceptors (Lipinski definition) is 3. The second kappa shape index (κ2) is 6.00. The molecule has 0 aromatic rings. The Kier molecular flexibility index (Phi) is 4.93. The molecule has 3 unspecified atom stereocenters. The van der Waals surface area contributed by atoms with E-state index in [-0.39, 0.29) is 17.9 Å². The number of aliphatic carboxylic acids is 1. The summed E-state index contributed by atoms with van der Waals surface area (Å²) in [4.78, 5) is 24.7. The smallest absolute Gasteiger partial charge is 0.308 e. The number of carboxylic acid groups (broad SMARTS) is 1. The summed E-state index contributed by atoms with van der Waals surface area (Å²) >= 11 is 0. The van der Waals surface area contributed by atoms with Crippen LogP contribution in [0.5, 0.6) is 0 Å². The molecule has 98 valence electrons. The molecule has 1 saturated heterocycles. The van der Waals surface area contributed by atoms with Gasteiger partial charge in [0.05, 0.1) is 5.92 Å². The van der Waals surface area contributed by atoms with E-state index < -0.39 is 11.9 Å². The van der Waals surface area contributed by atoms with Crippen LogP contribution >= 0.6 is 0 Å². The van der Waals surface area contributed by atoms with Crippen LogP contribution in [0.15, 0.2) is 0 Å². The molecule has 1 aliphatic heterocycles. The summed E-state index contributed by atoms with van der Waals surface area (Å²) in [5.41, 5.74) is 0. The molecule has 17 heavy (non-hydrogen) atoms. The minimum Gasteiger partial charge on any atom is -0.481 e. The fourth-order valence-corrected chi connectivity index (χ4v) is 2.57. The highest BCUT2D eigenvalue weighted by Crippen LogP contribution is 2.29. The predicted octanol–water partition coefficient (Wildman–Crippen LogP) is 0.981. The maximum Gasteiger partial charge on any atom is 0.308 e. The van der Waals surface area contributed by atoms with Crippen LogP contribution in [0.3, 0.4) is 0 Å². The van der Waals surface area contributed by atoms with Crippen molar-refractivity contribution in [2.45, 2.75) is 32.7 Å². The highest BCUT2D eigenvalue weighted by molar-refractivity contribution is 5.81.